The van der Waals surface area contributed by atoms with Gasteiger partial charge in [0.2, 0.25) is 0 Å². The van der Waals surface area contributed by atoms with Gasteiger partial charge in [0.05, 0.1) is 51.7 Å². The van der Waals surface area contributed by atoms with E-state index in [0.717, 1.165) is 27.4 Å². The molecule has 8 aromatic rings. The van der Waals surface area contributed by atoms with Crippen molar-refractivity contribution in [3.05, 3.63) is 218 Å². The lowest BCUT2D eigenvalue weighted by Gasteiger charge is -2.32. The van der Waals surface area contributed by atoms with Crippen LogP contribution in [0.3, 0.4) is 0 Å². The summed E-state index contributed by atoms with van der Waals surface area (Å²) in [5, 5.41) is 0. The molecule has 8 nitrogen and oxygen atoms in total. The minimum absolute atomic E-state index is 0.175. The molecule has 0 saturated carbocycles. The predicted octanol–water partition coefficient (Wildman–Crippen LogP) is 14.6. The Morgan fingerprint density at radius 3 is 0.952 bits per heavy atom. The van der Waals surface area contributed by atoms with Crippen LogP contribution >= 0.6 is 0 Å². The first-order chi connectivity index (χ1) is 41.6. The van der Waals surface area contributed by atoms with Gasteiger partial charge in [-0.15, -0.1) is 0 Å². The van der Waals surface area contributed by atoms with Crippen LogP contribution in [-0.2, 0) is 37.2 Å². The first-order valence-corrected chi connectivity index (χ1v) is 29.2. The van der Waals surface area contributed by atoms with Gasteiger partial charge in [0.1, 0.15) is 0 Å². The number of benzene rings is 8. The lowest BCUT2D eigenvalue weighted by Crippen LogP contribution is -2.41. The van der Waals surface area contributed by atoms with Crippen molar-refractivity contribution >= 4 is 50.3 Å². The topological polar surface area (TPSA) is 73.8 Å². The van der Waals surface area contributed by atoms with Crippen LogP contribution in [-0.4, -0.2) is 73.3 Å². The molecule has 4 saturated heterocycles. The maximum absolute atomic E-state index is 8.14. The molecular weight excluding hydrogens is 1040 g/mol. The fourth-order valence-corrected chi connectivity index (χ4v) is 9.68. The van der Waals surface area contributed by atoms with Crippen molar-refractivity contribution < 1.29 is 44.1 Å². The van der Waals surface area contributed by atoms with Gasteiger partial charge in [-0.1, -0.05) is 218 Å². The average Bonchev–Trinajstić information content (AvgIpc) is 2.01. The molecule has 84 heavy (non-hydrogen) atoms. The highest BCUT2D eigenvalue weighted by atomic mass is 16.7. The lowest BCUT2D eigenvalue weighted by molar-refractivity contribution is 0.00578. The first kappa shape index (κ1) is 55.6. The molecule has 432 valence electrons. The third kappa shape index (κ3) is 13.8. The third-order valence-corrected chi connectivity index (χ3v) is 17.8. The Bertz CT molecular complexity index is 3660. The fourth-order valence-electron chi connectivity index (χ4n) is 9.68. The van der Waals surface area contributed by atoms with E-state index in [0.29, 0.717) is 5.56 Å². The van der Waals surface area contributed by atoms with Crippen LogP contribution < -0.4 is 21.9 Å². The van der Waals surface area contributed by atoms with Crippen molar-refractivity contribution in [2.24, 2.45) is 0 Å². The molecule has 4 heterocycles. The summed E-state index contributed by atoms with van der Waals surface area (Å²) in [6, 6.07) is 61.8. The summed E-state index contributed by atoms with van der Waals surface area (Å²) >= 11 is 0. The predicted molar refractivity (Wildman–Crippen MR) is 350 cm³/mol. The highest BCUT2D eigenvalue weighted by molar-refractivity contribution is 6.64. The Hall–Kier alpha value is -6.30. The quantitative estimate of drug-likeness (QED) is 0.139. The summed E-state index contributed by atoms with van der Waals surface area (Å²) in [6.07, 6.45) is 0. The molecule has 4 aliphatic rings. The molecule has 12 heteroatoms. The van der Waals surface area contributed by atoms with E-state index in [1.807, 2.05) is 58.0 Å². The largest absolute Gasteiger partial charge is 0.495 e. The van der Waals surface area contributed by atoms with Crippen LogP contribution in [0.5, 0.6) is 0 Å². The van der Waals surface area contributed by atoms with Crippen LogP contribution in [0.25, 0.3) is 44.5 Å². The van der Waals surface area contributed by atoms with E-state index >= 15 is 0 Å². The van der Waals surface area contributed by atoms with Gasteiger partial charge >= 0.3 is 28.5 Å². The zero-order valence-corrected chi connectivity index (χ0v) is 52.0. The van der Waals surface area contributed by atoms with E-state index < -0.39 is 24.4 Å². The minimum Gasteiger partial charge on any atom is -0.399 e. The smallest absolute Gasteiger partial charge is 0.399 e. The van der Waals surface area contributed by atoms with Gasteiger partial charge in [-0.2, -0.15) is 0 Å². The van der Waals surface area contributed by atoms with Gasteiger partial charge in [0.15, 0.2) is 0 Å². The molecule has 0 aliphatic carbocycles. The normalized spacial score (nSPS) is 20.5. The van der Waals surface area contributed by atoms with Gasteiger partial charge in [0.25, 0.3) is 0 Å². The van der Waals surface area contributed by atoms with Gasteiger partial charge in [-0.3, -0.25) is 0 Å². The molecular formula is C72H84B4O8. The summed E-state index contributed by atoms with van der Waals surface area (Å²) in [5.74, 6) is 0. The maximum atomic E-state index is 8.14. The second kappa shape index (κ2) is 24.6. The summed E-state index contributed by atoms with van der Waals surface area (Å²) in [5.41, 5.74) is 9.03. The lowest BCUT2D eigenvalue weighted by atomic mass is 9.74. The molecule has 4 aliphatic heterocycles. The number of rotatable bonds is 8. The van der Waals surface area contributed by atoms with E-state index in [2.05, 4.69) is 223 Å². The second-order valence-corrected chi connectivity index (χ2v) is 25.9. The SMILES string of the molecule is CC1(C)OB(c2ccc(-c3ccccc3)cc2)OC1(C)C.CC1(C)OB(c2cccc(-c3ccccc3)c2)OC1(C)C.CC1(C)OB(c2ccccc2-c2ccccc2)OC1(C)C.[2H]c1c([2H])c([2H])c(-c2cccc(B3OC(C)(C)C(C)(C)O3)c2)c([2H])c1[2H]. The Balaban J connectivity index is 0.000000142. The first-order valence-electron chi connectivity index (χ1n) is 31.7. The maximum Gasteiger partial charge on any atom is 0.495 e. The van der Waals surface area contributed by atoms with Crippen LogP contribution in [0.1, 0.15) is 118 Å². The van der Waals surface area contributed by atoms with Gasteiger partial charge in [0, 0.05) is 0 Å². The number of hydrogen-bond donors (Lipinski definition) is 0. The van der Waals surface area contributed by atoms with E-state index in [9.17, 15) is 0 Å². The minimum atomic E-state index is -0.579. The monoisotopic (exact) mass is 1130 g/mol. The standard InChI is InChI=1S/4C18H21BO2/c1-17(2)18(3,4)21-19(20-17)16-13-9-8-12-15(16)14-10-6-5-7-11-14;2*1-17(2)18(3,4)21-19(20-17)16-12-8-11-15(13-16)14-9-6-5-7-10-14;1-17(2)18(3,4)21-19(20-17)16-12-10-15(11-13-16)14-8-6-5-7-9-14/h4*5-13H,1-4H3/i;5D,6D,7D,9D,10D;;. The zero-order valence-electron chi connectivity index (χ0n) is 57.0. The second-order valence-electron chi connectivity index (χ2n) is 25.9. The average molecular weight is 1130 g/mol. The summed E-state index contributed by atoms with van der Waals surface area (Å²) in [7, 11) is -1.50. The van der Waals surface area contributed by atoms with Crippen LogP contribution in [0.4, 0.5) is 0 Å². The molecule has 0 aromatic heterocycles. The van der Waals surface area contributed by atoms with E-state index in [1.165, 1.54) is 27.8 Å². The molecule has 0 unspecified atom stereocenters. The third-order valence-electron chi connectivity index (χ3n) is 17.8. The Labute approximate surface area is 510 Å². The summed E-state index contributed by atoms with van der Waals surface area (Å²) in [6.45, 7) is 32.8. The zero-order chi connectivity index (χ0) is 64.7. The molecule has 12 rings (SSSR count). The van der Waals surface area contributed by atoms with Gasteiger partial charge < -0.3 is 37.2 Å². The Morgan fingerprint density at radius 1 is 0.250 bits per heavy atom. The Kier molecular flexibility index (Phi) is 16.3. The van der Waals surface area contributed by atoms with Crippen LogP contribution in [0, 0.1) is 0 Å². The van der Waals surface area contributed by atoms with Crippen molar-refractivity contribution in [3.63, 3.8) is 0 Å². The van der Waals surface area contributed by atoms with Crippen molar-refractivity contribution in [3.8, 4) is 44.5 Å². The molecule has 0 bridgehead atoms. The van der Waals surface area contributed by atoms with E-state index in [-0.39, 0.29) is 84.7 Å². The number of hydrogen-bond acceptors (Lipinski definition) is 8. The summed E-state index contributed by atoms with van der Waals surface area (Å²) in [4.78, 5) is 0. The van der Waals surface area contributed by atoms with Crippen LogP contribution in [0.15, 0.2) is 218 Å². The molecule has 0 spiro atoms. The molecule has 8 aromatic carbocycles. The van der Waals surface area contributed by atoms with Crippen molar-refractivity contribution in [1.82, 2.24) is 0 Å². The molecule has 0 amide bonds. The molecule has 4 fully saturated rings. The van der Waals surface area contributed by atoms with Crippen molar-refractivity contribution in [1.29, 1.82) is 0 Å². The van der Waals surface area contributed by atoms with Crippen molar-refractivity contribution in [2.75, 3.05) is 0 Å². The highest BCUT2D eigenvalue weighted by Crippen LogP contribution is 2.40. The van der Waals surface area contributed by atoms with E-state index in [4.69, 9.17) is 44.1 Å². The molecule has 0 N–H and O–H groups in total. The van der Waals surface area contributed by atoms with Crippen LogP contribution in [0.2, 0.25) is 0 Å². The van der Waals surface area contributed by atoms with E-state index in [1.54, 1.807) is 18.2 Å². The molecule has 0 radical (unpaired) electrons. The Morgan fingerprint density at radius 2 is 0.548 bits per heavy atom. The summed E-state index contributed by atoms with van der Waals surface area (Å²) < 4.78 is 88.6. The highest BCUT2D eigenvalue weighted by Gasteiger charge is 2.55. The van der Waals surface area contributed by atoms with Gasteiger partial charge in [-0.05, 0) is 177 Å². The molecule has 0 atom stereocenters. The van der Waals surface area contributed by atoms with Gasteiger partial charge in [-0.25, -0.2) is 0 Å². The fraction of sp³-hybridized carbons (Fsp3) is 0.333. The van der Waals surface area contributed by atoms with Crippen molar-refractivity contribution in [2.45, 2.75) is 156 Å².